The van der Waals surface area contributed by atoms with Crippen LogP contribution in [0.1, 0.15) is 48.9 Å². The number of rotatable bonds is 4. The summed E-state index contributed by atoms with van der Waals surface area (Å²) in [6.07, 6.45) is 6.45. The molecule has 1 atom stereocenters. The maximum Gasteiger partial charge on any atom is 0.267 e. The summed E-state index contributed by atoms with van der Waals surface area (Å²) in [5, 5.41) is 15.6. The average Bonchev–Trinajstić information content (AvgIpc) is 3.31. The van der Waals surface area contributed by atoms with Gasteiger partial charge in [0.15, 0.2) is 11.5 Å². The Morgan fingerprint density at radius 2 is 2.04 bits per heavy atom. The van der Waals surface area contributed by atoms with Crippen molar-refractivity contribution in [1.82, 2.24) is 10.2 Å². The van der Waals surface area contributed by atoms with Crippen LogP contribution < -0.4 is 15.0 Å². The minimum atomic E-state index is -0.720. The van der Waals surface area contributed by atoms with E-state index in [2.05, 4.69) is 16.3 Å². The average molecular weight is 353 g/mol. The van der Waals surface area contributed by atoms with Gasteiger partial charge in [-0.1, -0.05) is 6.07 Å². The summed E-state index contributed by atoms with van der Waals surface area (Å²) in [6, 6.07) is 8.22. The Balaban J connectivity index is 1.70. The van der Waals surface area contributed by atoms with E-state index in [1.807, 2.05) is 18.2 Å². The molecule has 6 nitrogen and oxygen atoms in total. The molecule has 0 spiro atoms. The molecule has 0 saturated heterocycles. The van der Waals surface area contributed by atoms with Gasteiger partial charge in [0.1, 0.15) is 0 Å². The fraction of sp³-hybridized carbons (Fsp3) is 0.500. The highest BCUT2D eigenvalue weighted by Crippen LogP contribution is 2.41. The molecule has 0 aliphatic heterocycles. The van der Waals surface area contributed by atoms with Gasteiger partial charge in [-0.05, 0) is 56.2 Å². The molecule has 136 valence electrons. The minimum absolute atomic E-state index is 0.129. The van der Waals surface area contributed by atoms with Gasteiger partial charge in [0.05, 0.1) is 24.7 Å². The number of aromatic amines is 2. The second kappa shape index (κ2) is 6.56. The van der Waals surface area contributed by atoms with E-state index >= 15 is 0 Å². The molecule has 2 aliphatic carbocycles. The molecule has 6 heteroatoms. The Bertz CT molecular complexity index is 902. The summed E-state index contributed by atoms with van der Waals surface area (Å²) in [5.41, 5.74) is 1.64. The third kappa shape index (κ3) is 2.78. The number of nitriles is 1. The SMILES string of the molecule is COc1ccc(C2(C#N)CCc3[nH][nH]c(=O)c3C2)cc1OC1CCCC1. The first-order valence-corrected chi connectivity index (χ1v) is 9.20. The lowest BCUT2D eigenvalue weighted by molar-refractivity contribution is 0.200. The lowest BCUT2D eigenvalue weighted by atomic mass is 9.70. The van der Waals surface area contributed by atoms with Crippen molar-refractivity contribution in [2.24, 2.45) is 0 Å². The zero-order valence-corrected chi connectivity index (χ0v) is 14.9. The molecular formula is C20H23N3O3. The first kappa shape index (κ1) is 16.8. The highest BCUT2D eigenvalue weighted by molar-refractivity contribution is 5.49. The summed E-state index contributed by atoms with van der Waals surface area (Å²) in [5.74, 6) is 1.38. The second-order valence-corrected chi connectivity index (χ2v) is 7.30. The summed E-state index contributed by atoms with van der Waals surface area (Å²) in [7, 11) is 1.63. The van der Waals surface area contributed by atoms with Crippen molar-refractivity contribution in [3.63, 3.8) is 0 Å². The van der Waals surface area contributed by atoms with Crippen LogP contribution in [0.5, 0.6) is 11.5 Å². The van der Waals surface area contributed by atoms with Crippen molar-refractivity contribution >= 4 is 0 Å². The van der Waals surface area contributed by atoms with Gasteiger partial charge in [-0.3, -0.25) is 9.89 Å². The van der Waals surface area contributed by atoms with Crippen molar-refractivity contribution in [1.29, 1.82) is 5.26 Å². The largest absolute Gasteiger partial charge is 0.493 e. The molecule has 0 amide bonds. The number of hydrogen-bond donors (Lipinski definition) is 2. The van der Waals surface area contributed by atoms with Crippen LogP contribution in [0.3, 0.4) is 0 Å². The zero-order valence-electron chi connectivity index (χ0n) is 14.9. The van der Waals surface area contributed by atoms with Crippen molar-refractivity contribution in [2.45, 2.75) is 56.5 Å². The van der Waals surface area contributed by atoms with Crippen LogP contribution in [0.25, 0.3) is 0 Å². The zero-order chi connectivity index (χ0) is 18.1. The summed E-state index contributed by atoms with van der Waals surface area (Å²) >= 11 is 0. The number of benzene rings is 1. The molecule has 1 aromatic heterocycles. The fourth-order valence-corrected chi connectivity index (χ4v) is 4.21. The smallest absolute Gasteiger partial charge is 0.267 e. The predicted molar refractivity (Wildman–Crippen MR) is 96.6 cm³/mol. The van der Waals surface area contributed by atoms with Crippen molar-refractivity contribution in [3.05, 3.63) is 45.4 Å². The number of ether oxygens (including phenoxy) is 2. The highest BCUT2D eigenvalue weighted by atomic mass is 16.5. The van der Waals surface area contributed by atoms with E-state index in [9.17, 15) is 10.1 Å². The molecule has 2 N–H and O–H groups in total. The highest BCUT2D eigenvalue weighted by Gasteiger charge is 2.39. The minimum Gasteiger partial charge on any atom is -0.493 e. The maximum atomic E-state index is 12.1. The van der Waals surface area contributed by atoms with Gasteiger partial charge in [-0.25, -0.2) is 0 Å². The molecule has 1 aromatic carbocycles. The fourth-order valence-electron chi connectivity index (χ4n) is 4.21. The monoisotopic (exact) mass is 353 g/mol. The third-order valence-electron chi connectivity index (χ3n) is 5.77. The number of nitrogens with zero attached hydrogens (tertiary/aromatic N) is 1. The van der Waals surface area contributed by atoms with Crippen LogP contribution in [0.15, 0.2) is 23.0 Å². The van der Waals surface area contributed by atoms with Crippen LogP contribution in [0.4, 0.5) is 0 Å². The third-order valence-corrected chi connectivity index (χ3v) is 5.77. The molecule has 1 unspecified atom stereocenters. The second-order valence-electron chi connectivity index (χ2n) is 7.30. The molecule has 26 heavy (non-hydrogen) atoms. The molecule has 4 rings (SSSR count). The number of aryl methyl sites for hydroxylation is 1. The van der Waals surface area contributed by atoms with Gasteiger partial charge < -0.3 is 14.6 Å². The molecule has 2 aliphatic rings. The number of methoxy groups -OCH3 is 1. The van der Waals surface area contributed by atoms with Crippen molar-refractivity contribution in [2.75, 3.05) is 7.11 Å². The molecule has 0 radical (unpaired) electrons. The standard InChI is InChI=1S/C20H23N3O3/c1-25-17-7-6-13(10-18(17)26-14-4-2-3-5-14)20(12-21)9-8-16-15(11-20)19(24)23-22-16/h6-7,10,14H,2-5,8-9,11H2,1H3,(H2,22,23,24). The van der Waals surface area contributed by atoms with Gasteiger partial charge in [-0.2, -0.15) is 5.26 Å². The van der Waals surface area contributed by atoms with E-state index in [4.69, 9.17) is 9.47 Å². The number of aromatic nitrogens is 2. The van der Waals surface area contributed by atoms with E-state index in [1.165, 1.54) is 12.8 Å². The van der Waals surface area contributed by atoms with Crippen molar-refractivity contribution in [3.8, 4) is 17.6 Å². The summed E-state index contributed by atoms with van der Waals surface area (Å²) in [6.45, 7) is 0. The summed E-state index contributed by atoms with van der Waals surface area (Å²) < 4.78 is 11.6. The van der Waals surface area contributed by atoms with Gasteiger partial charge in [0.2, 0.25) is 0 Å². The maximum absolute atomic E-state index is 12.1. The lowest BCUT2D eigenvalue weighted by Gasteiger charge is -2.31. The Morgan fingerprint density at radius 1 is 1.23 bits per heavy atom. The predicted octanol–water partition coefficient (Wildman–Crippen LogP) is 2.98. The summed E-state index contributed by atoms with van der Waals surface area (Å²) in [4.78, 5) is 12.1. The van der Waals surface area contributed by atoms with E-state index in [0.29, 0.717) is 36.3 Å². The van der Waals surface area contributed by atoms with E-state index in [-0.39, 0.29) is 11.7 Å². The van der Waals surface area contributed by atoms with Crippen LogP contribution in [0.2, 0.25) is 0 Å². The Labute approximate surface area is 152 Å². The molecule has 0 bridgehead atoms. The molecule has 1 saturated carbocycles. The normalized spacial score (nSPS) is 22.6. The topological polar surface area (TPSA) is 90.9 Å². The van der Waals surface area contributed by atoms with E-state index in [0.717, 1.165) is 24.1 Å². The number of H-pyrrole nitrogens is 2. The van der Waals surface area contributed by atoms with Gasteiger partial charge in [0, 0.05) is 17.7 Å². The van der Waals surface area contributed by atoms with Gasteiger partial charge >= 0.3 is 0 Å². The van der Waals surface area contributed by atoms with Gasteiger partial charge in [0.25, 0.3) is 5.56 Å². The molecule has 1 fully saturated rings. The number of fused-ring (bicyclic) bond motifs is 1. The van der Waals surface area contributed by atoms with Crippen molar-refractivity contribution < 1.29 is 9.47 Å². The number of nitrogens with one attached hydrogen (secondary N) is 2. The Hall–Kier alpha value is -2.68. The molecular weight excluding hydrogens is 330 g/mol. The van der Waals surface area contributed by atoms with Gasteiger partial charge in [-0.15, -0.1) is 0 Å². The van der Waals surface area contributed by atoms with E-state index in [1.54, 1.807) is 7.11 Å². The van der Waals surface area contributed by atoms with Crippen LogP contribution in [-0.4, -0.2) is 23.4 Å². The van der Waals surface area contributed by atoms with Crippen LogP contribution in [-0.2, 0) is 18.3 Å². The molecule has 2 aromatic rings. The Kier molecular flexibility index (Phi) is 4.23. The van der Waals surface area contributed by atoms with Crippen LogP contribution >= 0.6 is 0 Å². The Morgan fingerprint density at radius 3 is 2.77 bits per heavy atom. The number of hydrogen-bond acceptors (Lipinski definition) is 4. The lowest BCUT2D eigenvalue weighted by Crippen LogP contribution is -2.34. The first-order valence-electron chi connectivity index (χ1n) is 9.20. The quantitative estimate of drug-likeness (QED) is 0.884. The van der Waals surface area contributed by atoms with Crippen LogP contribution in [0, 0.1) is 11.3 Å². The van der Waals surface area contributed by atoms with E-state index < -0.39 is 5.41 Å². The molecule has 1 heterocycles. The first-order chi connectivity index (χ1) is 12.6.